The quantitative estimate of drug-likeness (QED) is 0.358. The zero-order valence-corrected chi connectivity index (χ0v) is 23.4. The summed E-state index contributed by atoms with van der Waals surface area (Å²) >= 11 is 6.46. The van der Waals surface area contributed by atoms with Gasteiger partial charge in [0.2, 0.25) is 11.9 Å². The fraction of sp³-hybridized carbons (Fsp3) is 0.400. The van der Waals surface area contributed by atoms with Gasteiger partial charge in [0.1, 0.15) is 6.54 Å². The van der Waals surface area contributed by atoms with E-state index in [4.69, 9.17) is 16.3 Å². The minimum Gasteiger partial charge on any atom is -0.391 e. The largest absolute Gasteiger partial charge is 0.391 e. The van der Waals surface area contributed by atoms with Gasteiger partial charge in [-0.3, -0.25) is 9.59 Å². The third-order valence-corrected chi connectivity index (χ3v) is 7.69. The summed E-state index contributed by atoms with van der Waals surface area (Å²) in [4.78, 5) is 36.8. The molecule has 10 heteroatoms. The minimum absolute atomic E-state index is 0.118. The van der Waals surface area contributed by atoms with E-state index < -0.39 is 12.1 Å². The number of anilines is 1. The van der Waals surface area contributed by atoms with Gasteiger partial charge >= 0.3 is 0 Å². The highest BCUT2D eigenvalue weighted by atomic mass is 35.5. The van der Waals surface area contributed by atoms with Gasteiger partial charge in [0, 0.05) is 36.9 Å². The maximum Gasteiger partial charge on any atom is 0.254 e. The number of amides is 2. The molecule has 2 aliphatic heterocycles. The molecule has 3 N–H and O–H groups in total. The molecule has 2 amide bonds. The highest BCUT2D eigenvalue weighted by Gasteiger charge is 2.31. The molecule has 5 rings (SSSR count). The van der Waals surface area contributed by atoms with E-state index in [1.54, 1.807) is 19.2 Å². The van der Waals surface area contributed by atoms with Gasteiger partial charge in [-0.15, -0.1) is 0 Å². The standard InChI is InChI=1S/C30H34ClN5O4/c1-3-19-5-4-6-20(13-19)27(18(2)37)34-26(38)17-36-16-22-8-7-21(14-24(22)29(36)39)28-25(31)15-32-30(35-28)33-23-9-11-40-12-10-23/h4-8,13-15,18,23,27,37H,3,9-12,16-17H2,1-2H3,(H,34,38)(H,32,33,35)/t18-,27+/m0/s1. The van der Waals surface area contributed by atoms with Gasteiger partial charge in [-0.1, -0.05) is 54.9 Å². The summed E-state index contributed by atoms with van der Waals surface area (Å²) in [7, 11) is 0. The molecule has 0 spiro atoms. The average Bonchev–Trinajstić information content (AvgIpc) is 3.27. The summed E-state index contributed by atoms with van der Waals surface area (Å²) in [5, 5.41) is 17.0. The maximum absolute atomic E-state index is 13.3. The van der Waals surface area contributed by atoms with Crippen LogP contribution in [0, 0.1) is 0 Å². The van der Waals surface area contributed by atoms with E-state index in [2.05, 4.69) is 27.5 Å². The van der Waals surface area contributed by atoms with Crippen molar-refractivity contribution in [2.75, 3.05) is 25.1 Å². The van der Waals surface area contributed by atoms with Crippen molar-refractivity contribution in [1.29, 1.82) is 0 Å². The van der Waals surface area contributed by atoms with E-state index >= 15 is 0 Å². The molecule has 0 unspecified atom stereocenters. The fourth-order valence-electron chi connectivity index (χ4n) is 5.18. The number of ether oxygens (including phenoxy) is 1. The van der Waals surface area contributed by atoms with Crippen molar-refractivity contribution < 1.29 is 19.4 Å². The number of benzene rings is 2. The monoisotopic (exact) mass is 563 g/mol. The van der Waals surface area contributed by atoms with Gasteiger partial charge in [-0.2, -0.15) is 0 Å². The Morgan fingerprint density at radius 3 is 2.77 bits per heavy atom. The van der Waals surface area contributed by atoms with E-state index in [-0.39, 0.29) is 24.4 Å². The van der Waals surface area contributed by atoms with Crippen LogP contribution in [0.15, 0.2) is 48.7 Å². The number of fused-ring (bicyclic) bond motifs is 1. The number of halogens is 1. The normalized spacial score (nSPS) is 16.9. The molecule has 1 saturated heterocycles. The molecule has 2 atom stereocenters. The molecule has 0 saturated carbocycles. The Balaban J connectivity index is 1.28. The number of rotatable bonds is 9. The summed E-state index contributed by atoms with van der Waals surface area (Å²) in [6, 6.07) is 13.0. The Morgan fingerprint density at radius 2 is 2.02 bits per heavy atom. The zero-order valence-electron chi connectivity index (χ0n) is 22.7. The van der Waals surface area contributed by atoms with Crippen LogP contribution in [0.3, 0.4) is 0 Å². The predicted octanol–water partition coefficient (Wildman–Crippen LogP) is 4.14. The van der Waals surface area contributed by atoms with Gasteiger partial charge in [0.15, 0.2) is 0 Å². The Kier molecular flexibility index (Phi) is 8.63. The van der Waals surface area contributed by atoms with E-state index in [1.165, 1.54) is 4.90 Å². The molecule has 3 aromatic rings. The number of aromatic nitrogens is 2. The molecule has 0 radical (unpaired) electrons. The molecule has 1 aromatic heterocycles. The maximum atomic E-state index is 13.3. The number of hydrogen-bond acceptors (Lipinski definition) is 7. The van der Waals surface area contributed by atoms with Crippen molar-refractivity contribution in [2.45, 2.75) is 57.8 Å². The number of hydrogen-bond donors (Lipinski definition) is 3. The number of aryl methyl sites for hydroxylation is 1. The van der Waals surface area contributed by atoms with E-state index in [9.17, 15) is 14.7 Å². The number of aliphatic hydroxyl groups excluding tert-OH is 1. The Bertz CT molecular complexity index is 1390. The number of carbonyl (C=O) groups excluding carboxylic acids is 2. The van der Waals surface area contributed by atoms with Crippen LogP contribution >= 0.6 is 11.6 Å². The van der Waals surface area contributed by atoms with Crippen molar-refractivity contribution >= 4 is 29.4 Å². The highest BCUT2D eigenvalue weighted by molar-refractivity contribution is 6.33. The second-order valence-corrected chi connectivity index (χ2v) is 10.7. The van der Waals surface area contributed by atoms with Gasteiger partial charge < -0.3 is 25.4 Å². The van der Waals surface area contributed by atoms with Crippen LogP contribution in [0.25, 0.3) is 11.3 Å². The number of aliphatic hydroxyl groups is 1. The first-order chi connectivity index (χ1) is 19.3. The second-order valence-electron chi connectivity index (χ2n) is 10.3. The highest BCUT2D eigenvalue weighted by Crippen LogP contribution is 2.32. The lowest BCUT2D eigenvalue weighted by molar-refractivity contribution is -0.123. The van der Waals surface area contributed by atoms with Crippen LogP contribution < -0.4 is 10.6 Å². The third-order valence-electron chi connectivity index (χ3n) is 7.41. The molecule has 2 aromatic carbocycles. The molecule has 210 valence electrons. The zero-order chi connectivity index (χ0) is 28.2. The molecule has 2 aliphatic rings. The third kappa shape index (κ3) is 6.27. The van der Waals surface area contributed by atoms with Crippen molar-refractivity contribution in [1.82, 2.24) is 20.2 Å². The van der Waals surface area contributed by atoms with Crippen LogP contribution in [-0.4, -0.2) is 63.7 Å². The van der Waals surface area contributed by atoms with Gasteiger partial charge in [-0.25, -0.2) is 9.97 Å². The summed E-state index contributed by atoms with van der Waals surface area (Å²) < 4.78 is 5.42. The molecule has 0 aliphatic carbocycles. The van der Waals surface area contributed by atoms with Crippen molar-refractivity contribution in [2.24, 2.45) is 0 Å². The SMILES string of the molecule is CCc1cccc([C@H](NC(=O)CN2Cc3ccc(-c4nc(NC5CCOCC5)ncc4Cl)cc3C2=O)[C@H](C)O)c1. The van der Waals surface area contributed by atoms with Crippen LogP contribution in [0.1, 0.15) is 59.8 Å². The smallest absolute Gasteiger partial charge is 0.254 e. The van der Waals surface area contributed by atoms with Crippen molar-refractivity contribution in [3.05, 3.63) is 75.9 Å². The predicted molar refractivity (Wildman–Crippen MR) is 153 cm³/mol. The minimum atomic E-state index is -0.798. The van der Waals surface area contributed by atoms with E-state index in [1.807, 2.05) is 36.4 Å². The number of nitrogens with one attached hydrogen (secondary N) is 2. The molecule has 3 heterocycles. The van der Waals surface area contributed by atoms with Crippen molar-refractivity contribution in [3.8, 4) is 11.3 Å². The lowest BCUT2D eigenvalue weighted by Crippen LogP contribution is -2.41. The molecular weight excluding hydrogens is 530 g/mol. The number of carbonyl (C=O) groups is 2. The van der Waals surface area contributed by atoms with Crippen LogP contribution in [0.2, 0.25) is 5.02 Å². The second kappa shape index (κ2) is 12.3. The lowest BCUT2D eigenvalue weighted by atomic mass is 9.99. The van der Waals surface area contributed by atoms with E-state index in [0.29, 0.717) is 47.6 Å². The first-order valence-electron chi connectivity index (χ1n) is 13.7. The summed E-state index contributed by atoms with van der Waals surface area (Å²) in [6.45, 7) is 5.30. The van der Waals surface area contributed by atoms with E-state index in [0.717, 1.165) is 36.0 Å². The fourth-order valence-corrected chi connectivity index (χ4v) is 5.38. The summed E-state index contributed by atoms with van der Waals surface area (Å²) in [5.41, 5.74) is 4.53. The Hall–Kier alpha value is -3.53. The first-order valence-corrected chi connectivity index (χ1v) is 14.1. The topological polar surface area (TPSA) is 117 Å². The molecular formula is C30H34ClN5O4. The molecule has 1 fully saturated rings. The summed E-state index contributed by atoms with van der Waals surface area (Å²) in [6.07, 6.45) is 3.37. The first kappa shape index (κ1) is 28.0. The molecule has 0 bridgehead atoms. The molecule has 40 heavy (non-hydrogen) atoms. The van der Waals surface area contributed by atoms with Crippen molar-refractivity contribution in [3.63, 3.8) is 0 Å². The Labute approximate surface area is 238 Å². The summed E-state index contributed by atoms with van der Waals surface area (Å²) in [5.74, 6) is -0.0928. The average molecular weight is 564 g/mol. The van der Waals surface area contributed by atoms with Gasteiger partial charge in [0.25, 0.3) is 5.91 Å². The van der Waals surface area contributed by atoms with Gasteiger partial charge in [-0.05, 0) is 48.9 Å². The van der Waals surface area contributed by atoms with Crippen LogP contribution in [0.4, 0.5) is 5.95 Å². The Morgan fingerprint density at radius 1 is 1.23 bits per heavy atom. The number of nitrogens with zero attached hydrogens (tertiary/aromatic N) is 3. The van der Waals surface area contributed by atoms with Crippen LogP contribution in [-0.2, 0) is 22.5 Å². The molecule has 9 nitrogen and oxygen atoms in total. The van der Waals surface area contributed by atoms with Crippen LogP contribution in [0.5, 0.6) is 0 Å². The lowest BCUT2D eigenvalue weighted by Gasteiger charge is -2.24. The van der Waals surface area contributed by atoms with Gasteiger partial charge in [0.05, 0.1) is 29.1 Å².